The molecule has 1 aliphatic carbocycles. The van der Waals surface area contributed by atoms with Crippen molar-refractivity contribution in [3.05, 3.63) is 36.5 Å². The van der Waals surface area contributed by atoms with Crippen molar-refractivity contribution in [2.45, 2.75) is 262 Å². The Morgan fingerprint density at radius 3 is 1.39 bits per heavy atom. The van der Waals surface area contributed by atoms with Gasteiger partial charge in [0.15, 0.2) is 0 Å². The van der Waals surface area contributed by atoms with Crippen LogP contribution in [-0.4, -0.2) is 98.9 Å². The van der Waals surface area contributed by atoms with Gasteiger partial charge in [-0.3, -0.25) is 13.8 Å². The fourth-order valence-corrected chi connectivity index (χ4v) is 8.93. The van der Waals surface area contributed by atoms with E-state index in [1.165, 1.54) is 135 Å². The van der Waals surface area contributed by atoms with E-state index in [4.69, 9.17) is 18.5 Å². The second-order valence-electron chi connectivity index (χ2n) is 18.0. The van der Waals surface area contributed by atoms with E-state index < -0.39 is 63.1 Å². The highest BCUT2D eigenvalue weighted by Gasteiger charge is 2.51. The van der Waals surface area contributed by atoms with E-state index in [0.717, 1.165) is 57.8 Å². The van der Waals surface area contributed by atoms with E-state index in [0.29, 0.717) is 13.0 Å². The molecule has 13 heteroatoms. The maximum Gasteiger partial charge on any atom is 0.472 e. The first-order chi connectivity index (χ1) is 31.0. The number of phosphoric ester groups is 1. The monoisotopic (exact) mass is 931 g/mol. The molecule has 0 heterocycles. The van der Waals surface area contributed by atoms with E-state index >= 15 is 0 Å². The van der Waals surface area contributed by atoms with Gasteiger partial charge in [-0.05, 0) is 44.9 Å². The average molecular weight is 931 g/mol. The molecule has 0 aromatic carbocycles. The summed E-state index contributed by atoms with van der Waals surface area (Å²) < 4.78 is 34.2. The maximum atomic E-state index is 12.8. The van der Waals surface area contributed by atoms with Crippen LogP contribution in [0.1, 0.15) is 219 Å². The fourth-order valence-electron chi connectivity index (χ4n) is 7.96. The van der Waals surface area contributed by atoms with E-state index in [2.05, 4.69) is 50.3 Å². The number of carbonyl (C=O) groups is 1. The molecule has 0 radical (unpaired) electrons. The molecule has 0 saturated heterocycles. The van der Waals surface area contributed by atoms with Gasteiger partial charge in [-0.15, -0.1) is 0 Å². The number of aliphatic hydroxyl groups is 5. The predicted molar refractivity (Wildman–Crippen MR) is 258 cm³/mol. The van der Waals surface area contributed by atoms with Crippen LogP contribution < -0.4 is 0 Å². The molecule has 6 unspecified atom stereocenters. The zero-order chi connectivity index (χ0) is 46.9. The fraction of sp³-hybridized carbons (Fsp3) is 0.863. The van der Waals surface area contributed by atoms with E-state index in [1.54, 1.807) is 0 Å². The van der Waals surface area contributed by atoms with Crippen molar-refractivity contribution >= 4 is 13.8 Å². The van der Waals surface area contributed by atoms with Crippen LogP contribution in [-0.2, 0) is 27.9 Å². The number of aliphatic hydroxyl groups excluding tert-OH is 5. The van der Waals surface area contributed by atoms with Crippen LogP contribution in [0.2, 0.25) is 0 Å². The molecule has 0 bridgehead atoms. The second-order valence-corrected chi connectivity index (χ2v) is 19.4. The van der Waals surface area contributed by atoms with Crippen LogP contribution in [0.4, 0.5) is 0 Å². The van der Waals surface area contributed by atoms with Crippen LogP contribution in [0.15, 0.2) is 36.5 Å². The summed E-state index contributed by atoms with van der Waals surface area (Å²) in [5.41, 5.74) is 0. The lowest BCUT2D eigenvalue weighted by Crippen LogP contribution is -2.64. The van der Waals surface area contributed by atoms with Gasteiger partial charge < -0.3 is 39.9 Å². The minimum Gasteiger partial charge on any atom is -0.457 e. The lowest BCUT2D eigenvalue weighted by atomic mass is 9.85. The Balaban J connectivity index is 2.28. The van der Waals surface area contributed by atoms with Crippen LogP contribution in [0.25, 0.3) is 0 Å². The van der Waals surface area contributed by atoms with Crippen LogP contribution >= 0.6 is 7.82 Å². The zero-order valence-electron chi connectivity index (χ0n) is 40.3. The van der Waals surface area contributed by atoms with Crippen LogP contribution in [0.3, 0.4) is 0 Å². The van der Waals surface area contributed by atoms with Crippen molar-refractivity contribution in [3.63, 3.8) is 0 Å². The highest BCUT2D eigenvalue weighted by atomic mass is 31.2. The molecular formula is C51H95O12P. The number of rotatable bonds is 44. The summed E-state index contributed by atoms with van der Waals surface area (Å²) in [6, 6.07) is 0. The Morgan fingerprint density at radius 2 is 0.922 bits per heavy atom. The summed E-state index contributed by atoms with van der Waals surface area (Å²) >= 11 is 0. The first-order valence-electron chi connectivity index (χ1n) is 25.8. The number of carbonyl (C=O) groups excluding carboxylic acids is 1. The smallest absolute Gasteiger partial charge is 0.457 e. The first-order valence-corrected chi connectivity index (χ1v) is 27.3. The van der Waals surface area contributed by atoms with Gasteiger partial charge in [-0.25, -0.2) is 4.57 Å². The number of unbranched alkanes of at least 4 members (excludes halogenated alkanes) is 26. The molecule has 0 aliphatic heterocycles. The third kappa shape index (κ3) is 33.1. The number of phosphoric acid groups is 1. The summed E-state index contributed by atoms with van der Waals surface area (Å²) in [7, 11) is -5.03. The zero-order valence-corrected chi connectivity index (χ0v) is 41.2. The minimum absolute atomic E-state index is 0.0858. The SMILES string of the molecule is CC/C=C\C/C=C\C/C=C\CCCCCC(=O)OC(COCCCCCCCCCCCCCCCCCCCCCCCCCC)COP(=O)(O)OC1C(O)C(O)C(O)C(O)C1O. The molecule has 0 aromatic rings. The van der Waals surface area contributed by atoms with Gasteiger partial charge >= 0.3 is 13.8 Å². The van der Waals surface area contributed by atoms with Crippen molar-refractivity contribution in [2.75, 3.05) is 19.8 Å². The predicted octanol–water partition coefficient (Wildman–Crippen LogP) is 11.4. The third-order valence-corrected chi connectivity index (χ3v) is 13.0. The van der Waals surface area contributed by atoms with Gasteiger partial charge in [0.05, 0.1) is 13.2 Å². The molecule has 6 N–H and O–H groups in total. The lowest BCUT2D eigenvalue weighted by Gasteiger charge is -2.41. The normalized spacial score (nSPS) is 21.9. The van der Waals surface area contributed by atoms with Gasteiger partial charge in [-0.1, -0.05) is 204 Å². The quantitative estimate of drug-likeness (QED) is 0.0147. The van der Waals surface area contributed by atoms with E-state index in [9.17, 15) is 39.8 Å². The summed E-state index contributed by atoms with van der Waals surface area (Å²) in [5, 5.41) is 50.2. The van der Waals surface area contributed by atoms with Crippen molar-refractivity contribution < 1.29 is 58.3 Å². The maximum absolute atomic E-state index is 12.8. The Morgan fingerprint density at radius 1 is 0.516 bits per heavy atom. The van der Waals surface area contributed by atoms with Gasteiger partial charge in [0.1, 0.15) is 42.7 Å². The summed E-state index contributed by atoms with van der Waals surface area (Å²) in [4.78, 5) is 23.2. The molecule has 0 spiro atoms. The minimum atomic E-state index is -5.03. The second kappa shape index (κ2) is 41.7. The van der Waals surface area contributed by atoms with Gasteiger partial charge in [0, 0.05) is 13.0 Å². The van der Waals surface area contributed by atoms with E-state index in [-0.39, 0.29) is 13.0 Å². The number of hydrogen-bond donors (Lipinski definition) is 6. The molecule has 12 nitrogen and oxygen atoms in total. The van der Waals surface area contributed by atoms with Gasteiger partial charge in [0.2, 0.25) is 0 Å². The molecule has 0 aromatic heterocycles. The molecule has 1 saturated carbocycles. The third-order valence-electron chi connectivity index (χ3n) is 12.0. The van der Waals surface area contributed by atoms with Gasteiger partial charge in [0.25, 0.3) is 0 Å². The lowest BCUT2D eigenvalue weighted by molar-refractivity contribution is -0.220. The van der Waals surface area contributed by atoms with Crippen molar-refractivity contribution in [1.29, 1.82) is 0 Å². The van der Waals surface area contributed by atoms with Crippen molar-refractivity contribution in [2.24, 2.45) is 0 Å². The summed E-state index contributed by atoms with van der Waals surface area (Å²) in [6.07, 6.45) is 38.1. The first kappa shape index (κ1) is 60.6. The molecule has 1 aliphatic rings. The molecule has 6 atom stereocenters. The standard InChI is InChI=1S/C51H95O12P/c1-3-5-7-9-11-13-15-17-18-19-20-21-22-23-24-25-26-27-29-31-33-35-37-39-41-60-42-44(43-61-64(58,59)63-51-49(56)47(54)46(53)48(55)50(51)57)62-45(52)40-38-36-34-32-30-28-16-14-12-10-8-6-4-2/h6,8,12,14,28,30,44,46-51,53-57H,3-5,7,9-11,13,15-27,29,31-43H2,1-2H3,(H,58,59)/b8-6-,14-12-,30-28-. The number of hydrogen-bond acceptors (Lipinski definition) is 11. The highest BCUT2D eigenvalue weighted by Crippen LogP contribution is 2.47. The largest absolute Gasteiger partial charge is 0.472 e. The van der Waals surface area contributed by atoms with Crippen molar-refractivity contribution in [3.8, 4) is 0 Å². The Hall–Kier alpha value is -1.44. The van der Waals surface area contributed by atoms with E-state index in [1.807, 2.05) is 0 Å². The number of esters is 1. The topological polar surface area (TPSA) is 192 Å². The summed E-state index contributed by atoms with van der Waals surface area (Å²) in [5.74, 6) is -0.503. The molecule has 64 heavy (non-hydrogen) atoms. The Bertz CT molecular complexity index is 1200. The number of ether oxygens (including phenoxy) is 2. The Labute approximate surface area is 389 Å². The summed E-state index contributed by atoms with van der Waals surface area (Å²) in [6.45, 7) is 4.14. The molecule has 1 rings (SSSR count). The van der Waals surface area contributed by atoms with Crippen LogP contribution in [0, 0.1) is 0 Å². The Kier molecular flexibility index (Phi) is 39.5. The highest BCUT2D eigenvalue weighted by molar-refractivity contribution is 7.47. The van der Waals surface area contributed by atoms with Crippen LogP contribution in [0.5, 0.6) is 0 Å². The molecule has 1 fully saturated rings. The van der Waals surface area contributed by atoms with Crippen molar-refractivity contribution in [1.82, 2.24) is 0 Å². The molecular weight excluding hydrogens is 836 g/mol. The average Bonchev–Trinajstić information content (AvgIpc) is 3.28. The van der Waals surface area contributed by atoms with Gasteiger partial charge in [-0.2, -0.15) is 0 Å². The number of allylic oxidation sites excluding steroid dienone is 6. The molecule has 376 valence electrons. The molecule has 0 amide bonds.